The quantitative estimate of drug-likeness (QED) is 0.239. The van der Waals surface area contributed by atoms with Crippen LogP contribution < -0.4 is 15.4 Å². The molecule has 4 aromatic rings. The van der Waals surface area contributed by atoms with Crippen molar-refractivity contribution in [1.82, 2.24) is 19.9 Å². The van der Waals surface area contributed by atoms with Gasteiger partial charge in [0.2, 0.25) is 11.9 Å². The van der Waals surface area contributed by atoms with Crippen molar-refractivity contribution in [2.45, 2.75) is 39.0 Å². The summed E-state index contributed by atoms with van der Waals surface area (Å²) in [5, 5.41) is 9.05. The van der Waals surface area contributed by atoms with Crippen LogP contribution >= 0.6 is 39.7 Å². The summed E-state index contributed by atoms with van der Waals surface area (Å²) in [7, 11) is -3.83. The number of halogens is 1. The largest absolute Gasteiger partial charge is 0.332 e. The zero-order valence-electron chi connectivity index (χ0n) is 19.8. The Balaban J connectivity index is 0.00000361. The van der Waals surface area contributed by atoms with E-state index in [2.05, 4.69) is 35.3 Å². The van der Waals surface area contributed by atoms with Gasteiger partial charge in [-0.1, -0.05) is 18.3 Å². The highest BCUT2D eigenvalue weighted by Crippen LogP contribution is 2.35. The maximum Gasteiger partial charge on any atom is 0.264 e. The number of aryl methyl sites for hydroxylation is 3. The molecule has 0 bridgehead atoms. The number of aromatic nitrogens is 4. The number of anilines is 4. The molecule has 36 heavy (non-hydrogen) atoms. The van der Waals surface area contributed by atoms with Crippen molar-refractivity contribution in [3.63, 3.8) is 0 Å². The van der Waals surface area contributed by atoms with E-state index in [1.807, 2.05) is 12.3 Å². The summed E-state index contributed by atoms with van der Waals surface area (Å²) >= 11 is 2.78. The van der Waals surface area contributed by atoms with Gasteiger partial charge in [0.1, 0.15) is 0 Å². The van der Waals surface area contributed by atoms with Crippen molar-refractivity contribution in [3.05, 3.63) is 52.8 Å². The van der Waals surface area contributed by atoms with Crippen molar-refractivity contribution in [1.29, 1.82) is 0 Å². The average Bonchev–Trinajstić information content (AvgIpc) is 3.39. The van der Waals surface area contributed by atoms with E-state index in [0.717, 1.165) is 16.3 Å². The maximum atomic E-state index is 12.7. The molecular weight excluding hydrogens is 586 g/mol. The van der Waals surface area contributed by atoms with Crippen LogP contribution in [0.1, 0.15) is 30.4 Å². The lowest BCUT2D eigenvalue weighted by atomic mass is 10.3. The minimum atomic E-state index is -3.83. The Labute approximate surface area is 227 Å². The molecule has 0 fully saturated rings. The molecule has 0 aliphatic rings. The molecule has 0 saturated heterocycles. The monoisotopic (exact) mass is 609 g/mol. The van der Waals surface area contributed by atoms with Gasteiger partial charge in [-0.2, -0.15) is 0 Å². The number of rotatable bonds is 8. The van der Waals surface area contributed by atoms with Crippen molar-refractivity contribution < 1.29 is 13.2 Å². The minimum Gasteiger partial charge on any atom is -0.332 e. The molecule has 0 aliphatic heterocycles. The number of nitrogens with one attached hydrogen (secondary N) is 3. The fourth-order valence-corrected chi connectivity index (χ4v) is 5.81. The molecule has 0 unspecified atom stereocenters. The number of hydrogen-bond acceptors (Lipinski definition) is 10. The number of amides is 1. The highest BCUT2D eigenvalue weighted by atomic mass is 79.9. The lowest BCUT2D eigenvalue weighted by molar-refractivity contribution is -0.115. The van der Waals surface area contributed by atoms with E-state index in [1.165, 1.54) is 34.8 Å². The van der Waals surface area contributed by atoms with Crippen LogP contribution in [0.15, 0.2) is 40.6 Å². The molecule has 1 aromatic carbocycles. The molecule has 3 N–H and O–H groups in total. The van der Waals surface area contributed by atoms with Crippen LogP contribution in [0.5, 0.6) is 0 Å². The van der Waals surface area contributed by atoms with Crippen LogP contribution in [0.25, 0.3) is 10.6 Å². The predicted octanol–water partition coefficient (Wildman–Crippen LogP) is 5.45. The molecule has 4 rings (SSSR count). The Kier molecular flexibility index (Phi) is 8.76. The van der Waals surface area contributed by atoms with Crippen molar-refractivity contribution in [3.8, 4) is 10.6 Å². The second kappa shape index (κ2) is 11.4. The molecule has 10 nitrogen and oxygen atoms in total. The first kappa shape index (κ1) is 27.6. The Morgan fingerprint density at radius 3 is 2.28 bits per heavy atom. The van der Waals surface area contributed by atoms with Crippen LogP contribution in [0, 0.1) is 20.8 Å². The number of thiazole rings is 2. The van der Waals surface area contributed by atoms with Crippen LogP contribution in [-0.2, 0) is 14.8 Å². The van der Waals surface area contributed by atoms with Gasteiger partial charge in [-0.3, -0.25) is 4.79 Å². The van der Waals surface area contributed by atoms with Crippen molar-refractivity contribution in [2.24, 2.45) is 0 Å². The zero-order chi connectivity index (χ0) is 25.2. The first-order valence-corrected chi connectivity index (χ1v) is 13.8. The van der Waals surface area contributed by atoms with Gasteiger partial charge >= 0.3 is 0 Å². The number of carbonyl (C=O) groups is 1. The standard InChI is InChI=1S/C22H23N7O3S3.BrH/c1-5-18(30)28-22-25-14(4)19(34-22)17-11-33-21(27-17)26-15-6-8-16(9-7-15)35(31,32)29-20-23-12(2)10-13(3)24-20;/h6-11H,5H2,1-4H3,(H,26,27)(H,23,24,29)(H,25,28,30);1H. The van der Waals surface area contributed by atoms with Crippen LogP contribution in [-0.4, -0.2) is 34.3 Å². The lowest BCUT2D eigenvalue weighted by Crippen LogP contribution is -2.15. The average molecular weight is 611 g/mol. The Hall–Kier alpha value is -2.94. The molecule has 0 radical (unpaired) electrons. The van der Waals surface area contributed by atoms with Gasteiger partial charge in [0.15, 0.2) is 10.3 Å². The van der Waals surface area contributed by atoms with E-state index in [-0.39, 0.29) is 33.7 Å². The third kappa shape index (κ3) is 6.63. The summed E-state index contributed by atoms with van der Waals surface area (Å²) in [6, 6.07) is 8.08. The maximum absolute atomic E-state index is 12.7. The summed E-state index contributed by atoms with van der Waals surface area (Å²) in [5.74, 6) is -0.0519. The van der Waals surface area contributed by atoms with Crippen LogP contribution in [0.4, 0.5) is 21.9 Å². The third-order valence-electron chi connectivity index (χ3n) is 4.72. The topological polar surface area (TPSA) is 139 Å². The molecular formula is C22H24BrN7O3S3. The molecule has 3 heterocycles. The van der Waals surface area contributed by atoms with E-state index < -0.39 is 10.0 Å². The van der Waals surface area contributed by atoms with Gasteiger partial charge in [0, 0.05) is 28.9 Å². The summed E-state index contributed by atoms with van der Waals surface area (Å²) in [6.07, 6.45) is 0.383. The van der Waals surface area contributed by atoms with Gasteiger partial charge in [-0.15, -0.1) is 28.3 Å². The van der Waals surface area contributed by atoms with Crippen LogP contribution in [0.3, 0.4) is 0 Å². The Morgan fingerprint density at radius 1 is 0.972 bits per heavy atom. The molecule has 0 spiro atoms. The molecule has 0 aliphatic carbocycles. The molecule has 0 atom stereocenters. The van der Waals surface area contributed by atoms with E-state index >= 15 is 0 Å². The van der Waals surface area contributed by atoms with Crippen molar-refractivity contribution >= 4 is 77.5 Å². The van der Waals surface area contributed by atoms with Gasteiger partial charge in [-0.25, -0.2) is 33.1 Å². The first-order chi connectivity index (χ1) is 16.6. The zero-order valence-corrected chi connectivity index (χ0v) is 24.0. The smallest absolute Gasteiger partial charge is 0.264 e. The van der Waals surface area contributed by atoms with Gasteiger partial charge in [-0.05, 0) is 51.1 Å². The van der Waals surface area contributed by atoms with E-state index in [1.54, 1.807) is 39.0 Å². The van der Waals surface area contributed by atoms with Crippen LogP contribution in [0.2, 0.25) is 0 Å². The molecule has 14 heteroatoms. The third-order valence-corrected chi connectivity index (χ3v) is 7.92. The number of benzene rings is 1. The number of nitrogens with zero attached hydrogens (tertiary/aromatic N) is 4. The highest BCUT2D eigenvalue weighted by Gasteiger charge is 2.17. The Morgan fingerprint density at radius 2 is 1.64 bits per heavy atom. The molecule has 1 amide bonds. The summed E-state index contributed by atoms with van der Waals surface area (Å²) in [5.41, 5.74) is 3.57. The van der Waals surface area contributed by atoms with Gasteiger partial charge in [0.25, 0.3) is 10.0 Å². The van der Waals surface area contributed by atoms with Crippen molar-refractivity contribution in [2.75, 3.05) is 15.4 Å². The molecule has 3 aromatic heterocycles. The Bertz CT molecular complexity index is 1460. The van der Waals surface area contributed by atoms with Gasteiger partial charge < -0.3 is 10.6 Å². The highest BCUT2D eigenvalue weighted by molar-refractivity contribution is 8.93. The summed E-state index contributed by atoms with van der Waals surface area (Å²) in [6.45, 7) is 7.20. The summed E-state index contributed by atoms with van der Waals surface area (Å²) < 4.78 is 27.9. The molecule has 0 saturated carbocycles. The second-order valence-corrected chi connectivity index (χ2v) is 11.1. The number of sulfonamides is 1. The van der Waals surface area contributed by atoms with Gasteiger partial charge in [0.05, 0.1) is 21.2 Å². The minimum absolute atomic E-state index is 0. The number of hydrogen-bond donors (Lipinski definition) is 3. The second-order valence-electron chi connectivity index (χ2n) is 7.60. The predicted molar refractivity (Wildman–Crippen MR) is 149 cm³/mol. The van der Waals surface area contributed by atoms with E-state index in [4.69, 9.17) is 0 Å². The SMILES string of the molecule is Br.CCC(=O)Nc1nc(C)c(-c2csc(Nc3ccc(S(=O)(=O)Nc4nc(C)cc(C)n4)cc3)n2)s1. The van der Waals surface area contributed by atoms with E-state index in [0.29, 0.717) is 33.8 Å². The normalized spacial score (nSPS) is 11.0. The number of carbonyl (C=O) groups excluding carboxylic acids is 1. The fourth-order valence-electron chi connectivity index (χ4n) is 3.12. The fraction of sp³-hybridized carbons (Fsp3) is 0.227. The summed E-state index contributed by atoms with van der Waals surface area (Å²) in [4.78, 5) is 29.9. The molecule has 190 valence electrons. The first-order valence-electron chi connectivity index (χ1n) is 10.6. The lowest BCUT2D eigenvalue weighted by Gasteiger charge is -2.09. The van der Waals surface area contributed by atoms with E-state index in [9.17, 15) is 13.2 Å².